The van der Waals surface area contributed by atoms with Crippen molar-refractivity contribution in [3.63, 3.8) is 0 Å². The van der Waals surface area contributed by atoms with Crippen molar-refractivity contribution in [3.05, 3.63) is 65.7 Å². The molecule has 0 saturated carbocycles. The predicted molar refractivity (Wildman–Crippen MR) is 90.6 cm³/mol. The van der Waals surface area contributed by atoms with Gasteiger partial charge in [0, 0.05) is 17.7 Å². The molecular formula is C18H18N2O4. The standard InChI is InChI=1S/C18H18N2O4/c1-23-15-10-14(11-16(12-15)24-2)18(22)20-19-17(21)9-8-13-6-4-3-5-7-13/h3-12H,1-2H3,(H,19,21)(H,20,22). The van der Waals surface area contributed by atoms with Crippen LogP contribution in [0.2, 0.25) is 0 Å². The van der Waals surface area contributed by atoms with E-state index in [1.807, 2.05) is 30.3 Å². The van der Waals surface area contributed by atoms with Crippen LogP contribution < -0.4 is 20.3 Å². The Bertz CT molecular complexity index is 720. The molecule has 0 unspecified atom stereocenters. The average molecular weight is 326 g/mol. The fourth-order valence-electron chi connectivity index (χ4n) is 1.91. The van der Waals surface area contributed by atoms with Gasteiger partial charge in [-0.3, -0.25) is 20.4 Å². The van der Waals surface area contributed by atoms with Crippen LogP contribution in [0.1, 0.15) is 15.9 Å². The first-order valence-electron chi connectivity index (χ1n) is 7.19. The lowest BCUT2D eigenvalue weighted by molar-refractivity contribution is -0.117. The molecule has 0 spiro atoms. The van der Waals surface area contributed by atoms with Gasteiger partial charge in [0.2, 0.25) is 0 Å². The molecule has 0 aromatic heterocycles. The Balaban J connectivity index is 1.95. The van der Waals surface area contributed by atoms with Crippen LogP contribution in [0.15, 0.2) is 54.6 Å². The van der Waals surface area contributed by atoms with Gasteiger partial charge in [-0.05, 0) is 23.8 Å². The summed E-state index contributed by atoms with van der Waals surface area (Å²) in [6.07, 6.45) is 2.98. The summed E-state index contributed by atoms with van der Waals surface area (Å²) in [7, 11) is 2.99. The fraction of sp³-hybridized carbons (Fsp3) is 0.111. The van der Waals surface area contributed by atoms with E-state index >= 15 is 0 Å². The Hall–Kier alpha value is -3.28. The number of amides is 2. The Labute approximate surface area is 140 Å². The molecule has 2 aromatic rings. The third kappa shape index (κ3) is 4.88. The number of benzene rings is 2. The van der Waals surface area contributed by atoms with E-state index in [-0.39, 0.29) is 0 Å². The number of hydrogen-bond donors (Lipinski definition) is 2. The maximum atomic E-state index is 12.1. The highest BCUT2D eigenvalue weighted by atomic mass is 16.5. The molecule has 0 atom stereocenters. The number of rotatable bonds is 5. The summed E-state index contributed by atoms with van der Waals surface area (Å²) in [6.45, 7) is 0. The molecule has 2 N–H and O–H groups in total. The van der Waals surface area contributed by atoms with E-state index in [0.717, 1.165) is 5.56 Å². The van der Waals surface area contributed by atoms with Gasteiger partial charge < -0.3 is 9.47 Å². The van der Waals surface area contributed by atoms with Gasteiger partial charge in [0.1, 0.15) is 11.5 Å². The van der Waals surface area contributed by atoms with E-state index in [0.29, 0.717) is 17.1 Å². The molecule has 0 aliphatic carbocycles. The van der Waals surface area contributed by atoms with E-state index in [1.54, 1.807) is 24.3 Å². The molecule has 0 fully saturated rings. The summed E-state index contributed by atoms with van der Waals surface area (Å²) in [6, 6.07) is 14.1. The van der Waals surface area contributed by atoms with Crippen molar-refractivity contribution in [2.75, 3.05) is 14.2 Å². The number of methoxy groups -OCH3 is 2. The van der Waals surface area contributed by atoms with Crippen molar-refractivity contribution in [2.24, 2.45) is 0 Å². The lowest BCUT2D eigenvalue weighted by Crippen LogP contribution is -2.40. The summed E-state index contributed by atoms with van der Waals surface area (Å²) < 4.78 is 10.2. The second-order valence-corrected chi connectivity index (χ2v) is 4.79. The van der Waals surface area contributed by atoms with Gasteiger partial charge >= 0.3 is 0 Å². The molecule has 6 nitrogen and oxygen atoms in total. The first kappa shape index (κ1) is 17.1. The molecule has 124 valence electrons. The topological polar surface area (TPSA) is 76.7 Å². The van der Waals surface area contributed by atoms with Crippen molar-refractivity contribution in [1.29, 1.82) is 0 Å². The third-order valence-corrected chi connectivity index (χ3v) is 3.14. The lowest BCUT2D eigenvalue weighted by Gasteiger charge is -2.09. The molecule has 0 aliphatic heterocycles. The average Bonchev–Trinajstić information content (AvgIpc) is 2.64. The summed E-state index contributed by atoms with van der Waals surface area (Å²) in [5, 5.41) is 0. The quantitative estimate of drug-likeness (QED) is 0.652. The number of hydrazine groups is 1. The first-order chi connectivity index (χ1) is 11.6. The number of carbonyl (C=O) groups is 2. The summed E-state index contributed by atoms with van der Waals surface area (Å²) in [5.41, 5.74) is 5.85. The second-order valence-electron chi connectivity index (χ2n) is 4.79. The minimum absolute atomic E-state index is 0.304. The zero-order valence-corrected chi connectivity index (χ0v) is 13.4. The van der Waals surface area contributed by atoms with Crippen molar-refractivity contribution >= 4 is 17.9 Å². The molecular weight excluding hydrogens is 308 g/mol. The van der Waals surface area contributed by atoms with Gasteiger partial charge in [-0.15, -0.1) is 0 Å². The SMILES string of the molecule is COc1cc(OC)cc(C(=O)NNC(=O)C=Cc2ccccc2)c1. The van der Waals surface area contributed by atoms with E-state index in [2.05, 4.69) is 10.9 Å². The number of hydrogen-bond acceptors (Lipinski definition) is 4. The van der Waals surface area contributed by atoms with Crippen LogP contribution in [-0.2, 0) is 4.79 Å². The summed E-state index contributed by atoms with van der Waals surface area (Å²) >= 11 is 0. The largest absolute Gasteiger partial charge is 0.497 e. The highest BCUT2D eigenvalue weighted by molar-refractivity contribution is 5.98. The predicted octanol–water partition coefficient (Wildman–Crippen LogP) is 2.18. The van der Waals surface area contributed by atoms with Crippen LogP contribution in [0.25, 0.3) is 6.08 Å². The smallest absolute Gasteiger partial charge is 0.269 e. The van der Waals surface area contributed by atoms with E-state index in [4.69, 9.17) is 9.47 Å². The fourth-order valence-corrected chi connectivity index (χ4v) is 1.91. The Morgan fingerprint density at radius 2 is 1.54 bits per heavy atom. The van der Waals surface area contributed by atoms with Crippen molar-refractivity contribution < 1.29 is 19.1 Å². The van der Waals surface area contributed by atoms with Crippen LogP contribution >= 0.6 is 0 Å². The molecule has 0 aliphatic rings. The second kappa shape index (κ2) is 8.38. The summed E-state index contributed by atoms with van der Waals surface area (Å²) in [4.78, 5) is 23.8. The van der Waals surface area contributed by atoms with Crippen LogP contribution in [-0.4, -0.2) is 26.0 Å². The monoisotopic (exact) mass is 326 g/mol. The zero-order chi connectivity index (χ0) is 17.4. The minimum Gasteiger partial charge on any atom is -0.497 e. The molecule has 0 bridgehead atoms. The van der Waals surface area contributed by atoms with Crippen molar-refractivity contribution in [1.82, 2.24) is 10.9 Å². The summed E-state index contributed by atoms with van der Waals surface area (Å²) in [5.74, 6) is 0.0420. The highest BCUT2D eigenvalue weighted by Crippen LogP contribution is 2.22. The maximum absolute atomic E-state index is 12.1. The number of nitrogens with one attached hydrogen (secondary N) is 2. The molecule has 0 saturated heterocycles. The van der Waals surface area contributed by atoms with Gasteiger partial charge in [0.25, 0.3) is 11.8 Å². The minimum atomic E-state index is -0.478. The Morgan fingerprint density at radius 3 is 2.12 bits per heavy atom. The number of ether oxygens (including phenoxy) is 2. The normalized spacial score (nSPS) is 10.2. The van der Waals surface area contributed by atoms with Gasteiger partial charge in [-0.25, -0.2) is 0 Å². The molecule has 2 aromatic carbocycles. The number of carbonyl (C=O) groups excluding carboxylic acids is 2. The highest BCUT2D eigenvalue weighted by Gasteiger charge is 2.10. The van der Waals surface area contributed by atoms with E-state index < -0.39 is 11.8 Å². The van der Waals surface area contributed by atoms with Crippen molar-refractivity contribution in [3.8, 4) is 11.5 Å². The van der Waals surface area contributed by atoms with Gasteiger partial charge in [0.15, 0.2) is 0 Å². The van der Waals surface area contributed by atoms with Crippen LogP contribution in [0.4, 0.5) is 0 Å². The molecule has 24 heavy (non-hydrogen) atoms. The maximum Gasteiger partial charge on any atom is 0.269 e. The molecule has 2 amide bonds. The Morgan fingerprint density at radius 1 is 0.917 bits per heavy atom. The van der Waals surface area contributed by atoms with Crippen LogP contribution in [0.5, 0.6) is 11.5 Å². The van der Waals surface area contributed by atoms with Gasteiger partial charge in [-0.2, -0.15) is 0 Å². The first-order valence-corrected chi connectivity index (χ1v) is 7.19. The Kier molecular flexibility index (Phi) is 5.96. The van der Waals surface area contributed by atoms with E-state index in [9.17, 15) is 9.59 Å². The molecule has 6 heteroatoms. The molecule has 2 rings (SSSR count). The third-order valence-electron chi connectivity index (χ3n) is 3.14. The zero-order valence-electron chi connectivity index (χ0n) is 13.4. The van der Waals surface area contributed by atoms with E-state index in [1.165, 1.54) is 20.3 Å². The molecule has 0 heterocycles. The van der Waals surface area contributed by atoms with Crippen molar-refractivity contribution in [2.45, 2.75) is 0 Å². The van der Waals surface area contributed by atoms with Gasteiger partial charge in [-0.1, -0.05) is 30.3 Å². The van der Waals surface area contributed by atoms with Crippen LogP contribution in [0.3, 0.4) is 0 Å². The molecule has 0 radical (unpaired) electrons. The lowest BCUT2D eigenvalue weighted by atomic mass is 10.2. The van der Waals surface area contributed by atoms with Crippen LogP contribution in [0, 0.1) is 0 Å². The van der Waals surface area contributed by atoms with Gasteiger partial charge in [0.05, 0.1) is 14.2 Å².